The van der Waals surface area contributed by atoms with Crippen LogP contribution in [0.5, 0.6) is 11.5 Å². The van der Waals surface area contributed by atoms with Crippen LogP contribution in [-0.2, 0) is 11.3 Å². The Kier molecular flexibility index (Phi) is 8.24. The Hall–Kier alpha value is -3.61. The predicted octanol–water partition coefficient (Wildman–Crippen LogP) is 5.46. The number of hydrogen-bond donors (Lipinski definition) is 0. The highest BCUT2D eigenvalue weighted by atomic mass is 16.5. The van der Waals surface area contributed by atoms with E-state index in [1.165, 1.54) is 0 Å². The molecule has 7 heteroatoms. The van der Waals surface area contributed by atoms with Crippen LogP contribution in [0.15, 0.2) is 46.9 Å². The van der Waals surface area contributed by atoms with Crippen LogP contribution in [0.2, 0.25) is 0 Å². The highest BCUT2D eigenvalue weighted by Crippen LogP contribution is 2.30. The van der Waals surface area contributed by atoms with E-state index < -0.39 is 5.97 Å². The zero-order valence-corrected chi connectivity index (χ0v) is 19.5. The molecule has 33 heavy (non-hydrogen) atoms. The van der Waals surface area contributed by atoms with Crippen LogP contribution in [0.1, 0.15) is 70.3 Å². The predicted molar refractivity (Wildman–Crippen MR) is 123 cm³/mol. The number of nitrogens with zero attached hydrogens (tertiary/aromatic N) is 1. The van der Waals surface area contributed by atoms with Crippen molar-refractivity contribution in [2.24, 2.45) is 0 Å². The van der Waals surface area contributed by atoms with Crippen molar-refractivity contribution in [3.05, 3.63) is 76.5 Å². The summed E-state index contributed by atoms with van der Waals surface area (Å²) in [5.41, 5.74) is 1.55. The number of oxazole rings is 1. The van der Waals surface area contributed by atoms with Crippen LogP contribution in [0, 0.1) is 13.8 Å². The van der Waals surface area contributed by atoms with E-state index in [2.05, 4.69) is 4.98 Å². The molecule has 3 rings (SSSR count). The van der Waals surface area contributed by atoms with Crippen LogP contribution >= 0.6 is 0 Å². The van der Waals surface area contributed by atoms with Crippen LogP contribution in [0.3, 0.4) is 0 Å². The number of carbonyl (C=O) groups excluding carboxylic acids is 2. The Morgan fingerprint density at radius 3 is 2.21 bits per heavy atom. The van der Waals surface area contributed by atoms with Crippen molar-refractivity contribution < 1.29 is 28.2 Å². The fraction of sp³-hybridized carbons (Fsp3) is 0.346. The normalized spacial score (nSPS) is 10.7. The summed E-state index contributed by atoms with van der Waals surface area (Å²) >= 11 is 0. The molecule has 0 aliphatic heterocycles. The lowest BCUT2D eigenvalue weighted by Gasteiger charge is -2.14. The third-order valence-corrected chi connectivity index (χ3v) is 4.92. The minimum absolute atomic E-state index is 0.117. The third-order valence-electron chi connectivity index (χ3n) is 4.92. The maximum absolute atomic E-state index is 13.3. The molecule has 1 aromatic heterocycles. The summed E-state index contributed by atoms with van der Waals surface area (Å²) < 4.78 is 22.4. The van der Waals surface area contributed by atoms with Gasteiger partial charge in [-0.15, -0.1) is 0 Å². The number of ether oxygens (including phenoxy) is 3. The molecule has 0 atom stereocenters. The quantitative estimate of drug-likeness (QED) is 0.283. The lowest BCUT2D eigenvalue weighted by Crippen LogP contribution is -2.13. The van der Waals surface area contributed by atoms with Crippen molar-refractivity contribution in [3.63, 3.8) is 0 Å². The molecule has 1 heterocycles. The van der Waals surface area contributed by atoms with Gasteiger partial charge in [-0.3, -0.25) is 4.79 Å². The van der Waals surface area contributed by atoms with Crippen molar-refractivity contribution in [2.75, 3.05) is 13.2 Å². The molecule has 0 unspecified atom stereocenters. The first kappa shape index (κ1) is 24.0. The van der Waals surface area contributed by atoms with Gasteiger partial charge >= 0.3 is 5.97 Å². The minimum atomic E-state index is -0.627. The molecule has 0 saturated heterocycles. The summed E-state index contributed by atoms with van der Waals surface area (Å²) in [4.78, 5) is 30.3. The number of benzene rings is 2. The van der Waals surface area contributed by atoms with Gasteiger partial charge in [0.05, 0.1) is 24.5 Å². The molecule has 0 radical (unpaired) electrons. The average Bonchev–Trinajstić information content (AvgIpc) is 3.16. The Morgan fingerprint density at radius 2 is 1.58 bits per heavy atom. The fourth-order valence-electron chi connectivity index (χ4n) is 3.13. The molecule has 7 nitrogen and oxygen atoms in total. The lowest BCUT2D eigenvalue weighted by molar-refractivity contribution is 0.0434. The summed E-state index contributed by atoms with van der Waals surface area (Å²) in [5, 5.41) is 0. The molecule has 0 amide bonds. The second-order valence-corrected chi connectivity index (χ2v) is 7.56. The second-order valence-electron chi connectivity index (χ2n) is 7.56. The first-order valence-electron chi connectivity index (χ1n) is 11.1. The van der Waals surface area contributed by atoms with E-state index in [1.807, 2.05) is 20.8 Å². The highest BCUT2D eigenvalue weighted by Gasteiger charge is 2.21. The fourth-order valence-corrected chi connectivity index (χ4v) is 3.13. The maximum Gasteiger partial charge on any atom is 0.339 e. The van der Waals surface area contributed by atoms with Gasteiger partial charge in [0.25, 0.3) is 0 Å². The first-order chi connectivity index (χ1) is 15.9. The van der Waals surface area contributed by atoms with Crippen molar-refractivity contribution in [1.29, 1.82) is 0 Å². The molecule has 0 saturated carbocycles. The van der Waals surface area contributed by atoms with Crippen molar-refractivity contribution >= 4 is 11.8 Å². The number of esters is 1. The van der Waals surface area contributed by atoms with E-state index in [1.54, 1.807) is 49.4 Å². The summed E-state index contributed by atoms with van der Waals surface area (Å²) in [6, 6.07) is 11.6. The molecule has 0 aliphatic rings. The van der Waals surface area contributed by atoms with Crippen LogP contribution in [-0.4, -0.2) is 30.0 Å². The Balaban J connectivity index is 1.83. The molecule has 0 N–H and O–H groups in total. The van der Waals surface area contributed by atoms with E-state index in [-0.39, 0.29) is 23.5 Å². The van der Waals surface area contributed by atoms with Gasteiger partial charge in [-0.05, 0) is 51.0 Å². The number of hydrogen-bond acceptors (Lipinski definition) is 7. The molecular weight excluding hydrogens is 422 g/mol. The Morgan fingerprint density at radius 1 is 0.909 bits per heavy atom. The smallest absolute Gasteiger partial charge is 0.339 e. The number of ketones is 1. The van der Waals surface area contributed by atoms with E-state index in [9.17, 15) is 9.59 Å². The minimum Gasteiger partial charge on any atom is -0.490 e. The summed E-state index contributed by atoms with van der Waals surface area (Å²) in [6.45, 7) is 8.56. The van der Waals surface area contributed by atoms with Crippen LogP contribution < -0.4 is 9.47 Å². The zero-order valence-electron chi connectivity index (χ0n) is 19.5. The van der Waals surface area contributed by atoms with E-state index >= 15 is 0 Å². The second kappa shape index (κ2) is 11.3. The van der Waals surface area contributed by atoms with Gasteiger partial charge in [0, 0.05) is 11.1 Å². The third kappa shape index (κ3) is 6.00. The molecule has 3 aromatic rings. The molecule has 2 aromatic carbocycles. The molecule has 0 bridgehead atoms. The summed E-state index contributed by atoms with van der Waals surface area (Å²) in [7, 11) is 0. The van der Waals surface area contributed by atoms with E-state index in [0.29, 0.717) is 41.9 Å². The average molecular weight is 452 g/mol. The highest BCUT2D eigenvalue weighted by molar-refractivity contribution is 6.14. The van der Waals surface area contributed by atoms with Crippen molar-refractivity contribution in [3.8, 4) is 11.5 Å². The van der Waals surface area contributed by atoms with Gasteiger partial charge in [0.15, 0.2) is 23.9 Å². The standard InChI is InChI=1S/C26H29NO6/c1-5-13-30-22-12-11-19(15-23(22)31-14-6-2)25(28)20-9-7-8-10-21(20)26(29)32-16-24-27-17(3)18(4)33-24/h7-12,15H,5-6,13-14,16H2,1-4H3. The maximum atomic E-state index is 13.3. The number of aromatic nitrogens is 1. The van der Waals surface area contributed by atoms with E-state index in [4.69, 9.17) is 18.6 Å². The van der Waals surface area contributed by atoms with Gasteiger partial charge in [0.2, 0.25) is 5.89 Å². The topological polar surface area (TPSA) is 87.9 Å². The molecule has 0 spiro atoms. The lowest BCUT2D eigenvalue weighted by atomic mass is 9.98. The molecular formula is C26H29NO6. The van der Waals surface area contributed by atoms with Crippen molar-refractivity contribution in [1.82, 2.24) is 4.98 Å². The SMILES string of the molecule is CCCOc1ccc(C(=O)c2ccccc2C(=O)OCc2nc(C)c(C)o2)cc1OCCC. The van der Waals surface area contributed by atoms with Crippen LogP contribution in [0.4, 0.5) is 0 Å². The van der Waals surface area contributed by atoms with Gasteiger partial charge in [-0.25, -0.2) is 9.78 Å². The van der Waals surface area contributed by atoms with Gasteiger partial charge in [-0.2, -0.15) is 0 Å². The molecule has 174 valence electrons. The molecule has 0 aliphatic carbocycles. The monoisotopic (exact) mass is 451 g/mol. The van der Waals surface area contributed by atoms with Crippen LogP contribution in [0.25, 0.3) is 0 Å². The van der Waals surface area contributed by atoms with Gasteiger partial charge < -0.3 is 18.6 Å². The first-order valence-corrected chi connectivity index (χ1v) is 11.1. The van der Waals surface area contributed by atoms with Gasteiger partial charge in [-0.1, -0.05) is 32.0 Å². The van der Waals surface area contributed by atoms with Gasteiger partial charge in [0.1, 0.15) is 5.76 Å². The number of rotatable bonds is 11. The largest absolute Gasteiger partial charge is 0.490 e. The number of aryl methyl sites for hydroxylation is 2. The summed E-state index contributed by atoms with van der Waals surface area (Å²) in [6.07, 6.45) is 1.68. The number of carbonyl (C=O) groups is 2. The Labute approximate surface area is 193 Å². The van der Waals surface area contributed by atoms with Crippen molar-refractivity contribution in [2.45, 2.75) is 47.1 Å². The summed E-state index contributed by atoms with van der Waals surface area (Å²) in [5.74, 6) is 1.13. The molecule has 0 fully saturated rings. The van der Waals surface area contributed by atoms with E-state index in [0.717, 1.165) is 18.5 Å². The Bertz CT molecular complexity index is 1100. The zero-order chi connectivity index (χ0) is 23.8.